The van der Waals surface area contributed by atoms with Gasteiger partial charge in [-0.2, -0.15) is 5.10 Å². The molecule has 1 amide bonds. The van der Waals surface area contributed by atoms with E-state index in [1.165, 1.54) is 0 Å². The standard InChI is InChI=1S/C13H20N4O2/c1-8(2)10-3-11(17-16-10)15-12(18)13-6-14-4-9(13)5-19-7-13/h3,8-9,14H,4-7H2,1-2H3,(H2,15,16,17,18)/t9-,13-/m0/s1. The van der Waals surface area contributed by atoms with Crippen LogP contribution < -0.4 is 10.6 Å². The molecule has 0 saturated carbocycles. The Hall–Kier alpha value is -1.40. The second kappa shape index (κ2) is 4.61. The highest BCUT2D eigenvalue weighted by Gasteiger charge is 2.53. The summed E-state index contributed by atoms with van der Waals surface area (Å²) >= 11 is 0. The second-order valence-electron chi connectivity index (χ2n) is 5.82. The fraction of sp³-hybridized carbons (Fsp3) is 0.692. The van der Waals surface area contributed by atoms with Gasteiger partial charge in [-0.05, 0) is 5.92 Å². The predicted octanol–water partition coefficient (Wildman–Crippen LogP) is 0.708. The molecule has 0 unspecified atom stereocenters. The van der Waals surface area contributed by atoms with Crippen LogP contribution in [-0.4, -0.2) is 42.4 Å². The Morgan fingerprint density at radius 2 is 2.47 bits per heavy atom. The highest BCUT2D eigenvalue weighted by molar-refractivity contribution is 5.95. The average Bonchev–Trinajstić information content (AvgIpc) is 3.01. The molecular weight excluding hydrogens is 244 g/mol. The molecule has 2 saturated heterocycles. The highest BCUT2D eigenvalue weighted by Crippen LogP contribution is 2.38. The molecule has 3 N–H and O–H groups in total. The third-order valence-corrected chi connectivity index (χ3v) is 4.20. The zero-order valence-corrected chi connectivity index (χ0v) is 11.3. The lowest BCUT2D eigenvalue weighted by atomic mass is 9.80. The van der Waals surface area contributed by atoms with Gasteiger partial charge in [0.1, 0.15) is 0 Å². The Kier molecular flexibility index (Phi) is 3.06. The minimum Gasteiger partial charge on any atom is -0.380 e. The van der Waals surface area contributed by atoms with Gasteiger partial charge in [-0.25, -0.2) is 0 Å². The normalized spacial score (nSPS) is 29.7. The largest absolute Gasteiger partial charge is 0.380 e. The number of amides is 1. The smallest absolute Gasteiger partial charge is 0.235 e. The Labute approximate surface area is 112 Å². The fourth-order valence-electron chi connectivity index (χ4n) is 2.85. The first-order valence-corrected chi connectivity index (χ1v) is 6.77. The summed E-state index contributed by atoms with van der Waals surface area (Å²) in [7, 11) is 0. The van der Waals surface area contributed by atoms with E-state index >= 15 is 0 Å². The van der Waals surface area contributed by atoms with Crippen molar-refractivity contribution in [3.8, 4) is 0 Å². The van der Waals surface area contributed by atoms with Crippen LogP contribution in [0.5, 0.6) is 0 Å². The van der Waals surface area contributed by atoms with Crippen molar-refractivity contribution in [2.24, 2.45) is 11.3 Å². The maximum absolute atomic E-state index is 12.5. The van der Waals surface area contributed by atoms with Crippen molar-refractivity contribution in [2.75, 3.05) is 31.6 Å². The molecule has 0 bridgehead atoms. The lowest BCUT2D eigenvalue weighted by molar-refractivity contribution is -0.125. The summed E-state index contributed by atoms with van der Waals surface area (Å²) in [4.78, 5) is 12.5. The number of anilines is 1. The molecule has 0 spiro atoms. The van der Waals surface area contributed by atoms with E-state index in [1.807, 2.05) is 6.07 Å². The SMILES string of the molecule is CC(C)c1cc(NC(=O)[C@]23CNC[C@H]2COC3)n[nH]1. The van der Waals surface area contributed by atoms with Gasteiger partial charge in [0.2, 0.25) is 5.91 Å². The minimum absolute atomic E-state index is 0.0156. The van der Waals surface area contributed by atoms with Crippen molar-refractivity contribution in [1.82, 2.24) is 15.5 Å². The fourth-order valence-corrected chi connectivity index (χ4v) is 2.85. The second-order valence-corrected chi connectivity index (χ2v) is 5.82. The van der Waals surface area contributed by atoms with Crippen molar-refractivity contribution >= 4 is 11.7 Å². The molecule has 6 nitrogen and oxygen atoms in total. The molecule has 2 aliphatic heterocycles. The summed E-state index contributed by atoms with van der Waals surface area (Å²) < 4.78 is 5.49. The quantitative estimate of drug-likeness (QED) is 0.751. The molecule has 2 aliphatic rings. The molecule has 2 fully saturated rings. The Balaban J connectivity index is 1.74. The Morgan fingerprint density at radius 3 is 3.21 bits per heavy atom. The van der Waals surface area contributed by atoms with Crippen LogP contribution in [0.4, 0.5) is 5.82 Å². The molecule has 6 heteroatoms. The molecule has 19 heavy (non-hydrogen) atoms. The molecule has 0 aromatic carbocycles. The van der Waals surface area contributed by atoms with Gasteiger partial charge in [-0.15, -0.1) is 0 Å². The molecule has 1 aromatic rings. The number of hydrogen-bond donors (Lipinski definition) is 3. The zero-order chi connectivity index (χ0) is 13.5. The maximum Gasteiger partial charge on any atom is 0.235 e. The van der Waals surface area contributed by atoms with E-state index in [0.717, 1.165) is 12.2 Å². The van der Waals surface area contributed by atoms with Gasteiger partial charge < -0.3 is 15.4 Å². The third kappa shape index (κ3) is 2.04. The van der Waals surface area contributed by atoms with Crippen LogP contribution in [0.1, 0.15) is 25.5 Å². The summed E-state index contributed by atoms with van der Waals surface area (Å²) in [6.07, 6.45) is 0. The van der Waals surface area contributed by atoms with Crippen LogP contribution in [0.25, 0.3) is 0 Å². The number of nitrogens with one attached hydrogen (secondary N) is 3. The Bertz CT molecular complexity index is 473. The monoisotopic (exact) mass is 264 g/mol. The van der Waals surface area contributed by atoms with E-state index < -0.39 is 5.41 Å². The number of rotatable bonds is 3. The number of aromatic amines is 1. The lowest BCUT2D eigenvalue weighted by Gasteiger charge is -2.24. The minimum atomic E-state index is -0.420. The van der Waals surface area contributed by atoms with Crippen LogP contribution in [0.2, 0.25) is 0 Å². The van der Waals surface area contributed by atoms with Gasteiger partial charge in [-0.3, -0.25) is 9.89 Å². The van der Waals surface area contributed by atoms with E-state index in [9.17, 15) is 4.79 Å². The van der Waals surface area contributed by atoms with E-state index in [4.69, 9.17) is 4.74 Å². The number of carbonyl (C=O) groups excluding carboxylic acids is 1. The lowest BCUT2D eigenvalue weighted by Crippen LogP contribution is -2.42. The van der Waals surface area contributed by atoms with Crippen molar-refractivity contribution in [3.63, 3.8) is 0 Å². The molecular formula is C13H20N4O2. The summed E-state index contributed by atoms with van der Waals surface area (Å²) in [5, 5.41) is 13.3. The van der Waals surface area contributed by atoms with Gasteiger partial charge in [0.15, 0.2) is 5.82 Å². The van der Waals surface area contributed by atoms with Crippen molar-refractivity contribution in [1.29, 1.82) is 0 Å². The predicted molar refractivity (Wildman–Crippen MR) is 70.9 cm³/mol. The summed E-state index contributed by atoms with van der Waals surface area (Å²) in [5.41, 5.74) is 0.605. The molecule has 0 radical (unpaired) electrons. The number of hydrogen-bond acceptors (Lipinski definition) is 4. The Morgan fingerprint density at radius 1 is 1.63 bits per heavy atom. The first-order valence-electron chi connectivity index (χ1n) is 6.77. The van der Waals surface area contributed by atoms with Crippen LogP contribution in [0.3, 0.4) is 0 Å². The van der Waals surface area contributed by atoms with Crippen LogP contribution in [0.15, 0.2) is 6.07 Å². The summed E-state index contributed by atoms with van der Waals surface area (Å²) in [6.45, 7) is 6.87. The van der Waals surface area contributed by atoms with Gasteiger partial charge >= 0.3 is 0 Å². The van der Waals surface area contributed by atoms with Gasteiger partial charge in [-0.1, -0.05) is 13.8 Å². The number of carbonyl (C=O) groups is 1. The third-order valence-electron chi connectivity index (χ3n) is 4.20. The van der Waals surface area contributed by atoms with Gasteiger partial charge in [0.25, 0.3) is 0 Å². The number of H-pyrrole nitrogens is 1. The first kappa shape index (κ1) is 12.6. The van der Waals surface area contributed by atoms with E-state index in [0.29, 0.717) is 31.5 Å². The molecule has 2 atom stereocenters. The number of nitrogens with zero attached hydrogens (tertiary/aromatic N) is 1. The topological polar surface area (TPSA) is 79.0 Å². The molecule has 104 valence electrons. The maximum atomic E-state index is 12.5. The van der Waals surface area contributed by atoms with Crippen LogP contribution in [-0.2, 0) is 9.53 Å². The van der Waals surface area contributed by atoms with Crippen LogP contribution >= 0.6 is 0 Å². The van der Waals surface area contributed by atoms with Crippen molar-refractivity contribution < 1.29 is 9.53 Å². The number of aromatic nitrogens is 2. The molecule has 3 rings (SSSR count). The number of ether oxygens (including phenoxy) is 1. The summed E-state index contributed by atoms with van der Waals surface area (Å²) in [6, 6.07) is 1.90. The summed E-state index contributed by atoms with van der Waals surface area (Å²) in [5.74, 6) is 1.26. The van der Waals surface area contributed by atoms with Crippen molar-refractivity contribution in [3.05, 3.63) is 11.8 Å². The molecule has 3 heterocycles. The number of fused-ring (bicyclic) bond motifs is 1. The van der Waals surface area contributed by atoms with Gasteiger partial charge in [0.05, 0.1) is 18.6 Å². The highest BCUT2D eigenvalue weighted by atomic mass is 16.5. The van der Waals surface area contributed by atoms with Crippen LogP contribution in [0, 0.1) is 11.3 Å². The van der Waals surface area contributed by atoms with E-state index in [1.54, 1.807) is 0 Å². The van der Waals surface area contributed by atoms with Crippen molar-refractivity contribution in [2.45, 2.75) is 19.8 Å². The van der Waals surface area contributed by atoms with E-state index in [-0.39, 0.29) is 11.8 Å². The average molecular weight is 264 g/mol. The van der Waals surface area contributed by atoms with Gasteiger partial charge in [0, 0.05) is 30.8 Å². The first-order chi connectivity index (χ1) is 9.12. The zero-order valence-electron chi connectivity index (χ0n) is 11.3. The molecule has 0 aliphatic carbocycles. The molecule has 1 aromatic heterocycles. The van der Waals surface area contributed by atoms with E-state index in [2.05, 4.69) is 34.7 Å².